The van der Waals surface area contributed by atoms with Gasteiger partial charge in [0.25, 0.3) is 0 Å². The number of ether oxygens (including phenoxy) is 2. The summed E-state index contributed by atoms with van der Waals surface area (Å²) in [6.07, 6.45) is 18.9. The molecular formula is C36H59NO2S2. The number of hydrogen-bond donors (Lipinski definition) is 0. The second-order valence-electron chi connectivity index (χ2n) is 12.8. The molecule has 0 saturated carbocycles. The number of nitrogens with zero attached hydrogens (tertiary/aromatic N) is 1. The van der Waals surface area contributed by atoms with Gasteiger partial charge in [-0.2, -0.15) is 0 Å². The topological polar surface area (TPSA) is 21.7 Å². The van der Waals surface area contributed by atoms with Crippen LogP contribution in [0.2, 0.25) is 0 Å². The van der Waals surface area contributed by atoms with Gasteiger partial charge < -0.3 is 9.47 Å². The highest BCUT2D eigenvalue weighted by Gasteiger charge is 2.17. The van der Waals surface area contributed by atoms with E-state index in [1.54, 1.807) is 0 Å². The summed E-state index contributed by atoms with van der Waals surface area (Å²) in [6.45, 7) is 16.9. The maximum Gasteiger partial charge on any atom is 0.119 e. The van der Waals surface area contributed by atoms with Gasteiger partial charge in [-0.1, -0.05) is 107 Å². The quantitative estimate of drug-likeness (QED) is 0.0971. The molecule has 0 bridgehead atoms. The Morgan fingerprint density at radius 2 is 1.49 bits per heavy atom. The van der Waals surface area contributed by atoms with E-state index in [2.05, 4.69) is 69.9 Å². The Morgan fingerprint density at radius 3 is 2.20 bits per heavy atom. The molecule has 1 aliphatic carbocycles. The first-order chi connectivity index (χ1) is 19.9. The molecule has 5 heteroatoms. The Morgan fingerprint density at radius 1 is 0.805 bits per heavy atom. The summed E-state index contributed by atoms with van der Waals surface area (Å²) in [7, 11) is 3.76. The average molecular weight is 602 g/mol. The standard InChI is InChI=1S/C36H59NO2S2/c1-6-32-16-9-17-36(32)39-24-26-41-40-25-23-38-35-19-18-34-28-37(22-20-33(34)27-35)21-10-15-31(5)14-8-13-30(4)12-7-11-29(2)3/h16-19,27,29-31H,6-15,20-26,28H2,1-5H3/t30-,31-/m1/s1. The Kier molecular flexibility index (Phi) is 16.8. The van der Waals surface area contributed by atoms with E-state index in [1.165, 1.54) is 81.2 Å². The van der Waals surface area contributed by atoms with Gasteiger partial charge in [0.05, 0.1) is 13.2 Å². The minimum atomic E-state index is 0.756. The van der Waals surface area contributed by atoms with Crippen molar-refractivity contribution in [3.8, 4) is 5.75 Å². The second kappa shape index (κ2) is 20.0. The molecule has 3 nitrogen and oxygen atoms in total. The Hall–Kier alpha value is -1.04. The Bertz CT molecular complexity index is 928. The second-order valence-corrected chi connectivity index (χ2v) is 15.5. The van der Waals surface area contributed by atoms with Crippen LogP contribution in [0.25, 0.3) is 0 Å². The number of benzene rings is 1. The molecule has 1 heterocycles. The minimum Gasteiger partial charge on any atom is -0.493 e. The van der Waals surface area contributed by atoms with Crippen LogP contribution in [0.4, 0.5) is 0 Å². The predicted molar refractivity (Wildman–Crippen MR) is 183 cm³/mol. The van der Waals surface area contributed by atoms with Crippen LogP contribution in [0.1, 0.15) is 110 Å². The summed E-state index contributed by atoms with van der Waals surface area (Å²) in [4.78, 5) is 2.66. The van der Waals surface area contributed by atoms with Crippen molar-refractivity contribution in [3.63, 3.8) is 0 Å². The minimum absolute atomic E-state index is 0.756. The molecule has 0 saturated heterocycles. The summed E-state index contributed by atoms with van der Waals surface area (Å²) < 4.78 is 12.0. The van der Waals surface area contributed by atoms with Crippen LogP contribution < -0.4 is 4.74 Å². The molecule has 1 aromatic rings. The smallest absolute Gasteiger partial charge is 0.119 e. The van der Waals surface area contributed by atoms with Gasteiger partial charge in [0.15, 0.2) is 0 Å². The third kappa shape index (κ3) is 13.9. The zero-order valence-corrected chi connectivity index (χ0v) is 28.6. The SMILES string of the molecule is CCC1=CCC=C1OCCSSCCOc1ccc2c(c1)CCN(CCC[C@H](C)CCC[C@H](C)CCCC(C)C)C2. The van der Waals surface area contributed by atoms with Crippen molar-refractivity contribution < 1.29 is 9.47 Å². The average Bonchev–Trinajstić information content (AvgIpc) is 3.41. The molecule has 2 aliphatic rings. The largest absolute Gasteiger partial charge is 0.493 e. The van der Waals surface area contributed by atoms with Crippen LogP contribution in [-0.4, -0.2) is 42.7 Å². The molecule has 41 heavy (non-hydrogen) atoms. The molecule has 0 fully saturated rings. The lowest BCUT2D eigenvalue weighted by molar-refractivity contribution is 0.240. The van der Waals surface area contributed by atoms with Gasteiger partial charge in [0.2, 0.25) is 0 Å². The van der Waals surface area contributed by atoms with Crippen molar-refractivity contribution in [1.82, 2.24) is 4.90 Å². The van der Waals surface area contributed by atoms with Crippen molar-refractivity contribution >= 4 is 21.6 Å². The van der Waals surface area contributed by atoms with E-state index in [-0.39, 0.29) is 0 Å². The summed E-state index contributed by atoms with van der Waals surface area (Å²) in [5.41, 5.74) is 4.33. The van der Waals surface area contributed by atoms with E-state index < -0.39 is 0 Å². The molecule has 3 rings (SSSR count). The highest BCUT2D eigenvalue weighted by molar-refractivity contribution is 8.76. The summed E-state index contributed by atoms with van der Waals surface area (Å²) in [5.74, 6) is 6.75. The van der Waals surface area contributed by atoms with Crippen molar-refractivity contribution in [2.45, 2.75) is 112 Å². The van der Waals surface area contributed by atoms with E-state index in [0.29, 0.717) is 0 Å². The van der Waals surface area contributed by atoms with Crippen molar-refractivity contribution in [2.24, 2.45) is 17.8 Å². The first kappa shape index (κ1) is 34.5. The van der Waals surface area contributed by atoms with Crippen LogP contribution in [0.3, 0.4) is 0 Å². The fraction of sp³-hybridized carbons (Fsp3) is 0.722. The maximum atomic E-state index is 6.09. The summed E-state index contributed by atoms with van der Waals surface area (Å²) in [6, 6.07) is 6.77. The molecule has 2 atom stereocenters. The molecule has 0 unspecified atom stereocenters. The van der Waals surface area contributed by atoms with Gasteiger partial charge in [0.1, 0.15) is 11.5 Å². The molecule has 0 aromatic heterocycles. The molecule has 0 radical (unpaired) electrons. The monoisotopic (exact) mass is 601 g/mol. The molecule has 1 aromatic carbocycles. The molecule has 0 amide bonds. The lowest BCUT2D eigenvalue weighted by atomic mass is 9.92. The molecule has 0 spiro atoms. The maximum absolute atomic E-state index is 6.09. The Balaban J connectivity index is 1.20. The molecule has 1 aliphatic heterocycles. The lowest BCUT2D eigenvalue weighted by Crippen LogP contribution is -2.31. The molecular weight excluding hydrogens is 543 g/mol. The van der Waals surface area contributed by atoms with Crippen LogP contribution in [0, 0.1) is 17.8 Å². The first-order valence-corrected chi connectivity index (χ1v) is 19.2. The lowest BCUT2D eigenvalue weighted by Gasteiger charge is -2.29. The third-order valence-corrected chi connectivity index (χ3v) is 11.0. The van der Waals surface area contributed by atoms with E-state index in [0.717, 1.165) is 79.8 Å². The number of allylic oxidation sites excluding steroid dienone is 3. The van der Waals surface area contributed by atoms with Crippen molar-refractivity contribution in [3.05, 3.63) is 52.8 Å². The van der Waals surface area contributed by atoms with Gasteiger partial charge in [-0.25, -0.2) is 0 Å². The number of rotatable bonds is 22. The van der Waals surface area contributed by atoms with Gasteiger partial charge in [-0.05, 0) is 91.3 Å². The normalized spacial score (nSPS) is 16.8. The highest BCUT2D eigenvalue weighted by atomic mass is 33.1. The fourth-order valence-corrected chi connectivity index (χ4v) is 7.67. The number of fused-ring (bicyclic) bond motifs is 1. The predicted octanol–water partition coefficient (Wildman–Crippen LogP) is 10.5. The van der Waals surface area contributed by atoms with Crippen molar-refractivity contribution in [1.29, 1.82) is 0 Å². The van der Waals surface area contributed by atoms with Crippen LogP contribution in [0.15, 0.2) is 41.7 Å². The summed E-state index contributed by atoms with van der Waals surface area (Å²) >= 11 is 0. The van der Waals surface area contributed by atoms with E-state index in [1.807, 2.05) is 21.6 Å². The Labute approximate surface area is 261 Å². The van der Waals surface area contributed by atoms with E-state index in [4.69, 9.17) is 9.47 Å². The van der Waals surface area contributed by atoms with Crippen LogP contribution in [-0.2, 0) is 17.7 Å². The zero-order chi connectivity index (χ0) is 29.3. The third-order valence-electron chi connectivity index (χ3n) is 8.62. The van der Waals surface area contributed by atoms with Crippen LogP contribution >= 0.6 is 21.6 Å². The molecule has 232 valence electrons. The van der Waals surface area contributed by atoms with Crippen molar-refractivity contribution in [2.75, 3.05) is 37.8 Å². The summed E-state index contributed by atoms with van der Waals surface area (Å²) in [5, 5.41) is 0. The zero-order valence-electron chi connectivity index (χ0n) is 26.9. The van der Waals surface area contributed by atoms with Gasteiger partial charge >= 0.3 is 0 Å². The highest BCUT2D eigenvalue weighted by Crippen LogP contribution is 2.27. The van der Waals surface area contributed by atoms with Gasteiger partial charge in [0, 0.05) is 24.6 Å². The van der Waals surface area contributed by atoms with E-state index >= 15 is 0 Å². The van der Waals surface area contributed by atoms with Crippen LogP contribution in [0.5, 0.6) is 5.75 Å². The van der Waals surface area contributed by atoms with E-state index in [9.17, 15) is 0 Å². The fourth-order valence-electron chi connectivity index (χ4n) is 6.02. The first-order valence-electron chi connectivity index (χ1n) is 16.7. The van der Waals surface area contributed by atoms with Gasteiger partial charge in [-0.3, -0.25) is 4.90 Å². The molecule has 0 N–H and O–H groups in total. The van der Waals surface area contributed by atoms with Gasteiger partial charge in [-0.15, -0.1) is 0 Å². The number of hydrogen-bond acceptors (Lipinski definition) is 5.